The largest absolute Gasteiger partial charge is 0.493 e. The van der Waals surface area contributed by atoms with Crippen LogP contribution < -0.4 is 20.9 Å². The van der Waals surface area contributed by atoms with Crippen LogP contribution >= 0.6 is 24.0 Å². The molecule has 0 saturated carbocycles. The maximum absolute atomic E-state index is 12.6. The van der Waals surface area contributed by atoms with Crippen LogP contribution in [0.15, 0.2) is 12.1 Å². The topological polar surface area (TPSA) is 108 Å². The van der Waals surface area contributed by atoms with E-state index in [1.807, 2.05) is 13.8 Å². The maximum atomic E-state index is 12.6. The molecule has 0 aliphatic rings. The quantitative estimate of drug-likeness (QED) is 0.651. The fourth-order valence-corrected chi connectivity index (χ4v) is 2.39. The molecule has 0 bridgehead atoms. The van der Waals surface area contributed by atoms with Crippen molar-refractivity contribution in [3.63, 3.8) is 0 Å². The lowest BCUT2D eigenvalue weighted by atomic mass is 10.0. The second-order valence-electron chi connectivity index (χ2n) is 6.17. The summed E-state index contributed by atoms with van der Waals surface area (Å²) in [6.07, 6.45) is 0.699. The normalized spacial score (nSPS) is 11.5. The summed E-state index contributed by atoms with van der Waals surface area (Å²) in [5.74, 6) is -0.0785. The Morgan fingerprint density at radius 2 is 1.92 bits per heavy atom. The lowest BCUT2D eigenvalue weighted by Gasteiger charge is -2.22. The first-order valence-corrected chi connectivity index (χ1v) is 8.34. The van der Waals surface area contributed by atoms with Crippen LogP contribution in [-0.4, -0.2) is 50.1 Å². The summed E-state index contributed by atoms with van der Waals surface area (Å²) in [6.45, 7) is 4.28. The molecular weight excluding hydrogens is 381 g/mol. The first kappa shape index (κ1) is 24.3. The first-order chi connectivity index (χ1) is 11.7. The number of nitrogens with two attached hydrogens (primary N) is 2. The van der Waals surface area contributed by atoms with Gasteiger partial charge in [0.05, 0.1) is 12.1 Å². The van der Waals surface area contributed by atoms with Crippen LogP contribution in [0.5, 0.6) is 11.5 Å². The number of nitrogens with zero attached hydrogens (tertiary/aromatic N) is 1. The number of hydrogen-bond donors (Lipinski definition) is 2. The van der Waals surface area contributed by atoms with Crippen molar-refractivity contribution in [3.8, 4) is 11.5 Å². The van der Waals surface area contributed by atoms with Gasteiger partial charge in [-0.2, -0.15) is 0 Å². The Bertz CT molecular complexity index is 626. The van der Waals surface area contributed by atoms with E-state index in [0.717, 1.165) is 0 Å². The van der Waals surface area contributed by atoms with Crippen LogP contribution in [0.1, 0.15) is 30.6 Å². The number of hydrogen-bond acceptors (Lipinski definition) is 5. The average molecular weight is 408 g/mol. The molecule has 0 aliphatic heterocycles. The number of carbonyl (C=O) groups excluding carboxylic acids is 2. The molecular formula is C17H27Cl2N3O4. The fourth-order valence-electron chi connectivity index (χ4n) is 2.12. The van der Waals surface area contributed by atoms with Gasteiger partial charge in [0, 0.05) is 25.2 Å². The molecule has 1 rings (SSSR count). The smallest absolute Gasteiger partial charge is 0.255 e. The third kappa shape index (κ3) is 6.90. The summed E-state index contributed by atoms with van der Waals surface area (Å²) in [4.78, 5) is 25.0. The van der Waals surface area contributed by atoms with E-state index >= 15 is 0 Å². The van der Waals surface area contributed by atoms with E-state index in [1.54, 1.807) is 11.9 Å². The molecule has 0 spiro atoms. The summed E-state index contributed by atoms with van der Waals surface area (Å²) < 4.78 is 10.5. The molecule has 148 valence electrons. The van der Waals surface area contributed by atoms with E-state index < -0.39 is 5.91 Å². The van der Waals surface area contributed by atoms with E-state index in [2.05, 4.69) is 0 Å². The first-order valence-electron chi connectivity index (χ1n) is 7.97. The lowest BCUT2D eigenvalue weighted by Crippen LogP contribution is -2.34. The molecule has 7 nitrogen and oxygen atoms in total. The zero-order chi connectivity index (χ0) is 19.1. The minimum absolute atomic E-state index is 0. The SMILES string of the molecule is COc1cc(C(=O)N(C)CCC(N)C(C)C)cc(Cl)c1OCC(N)=O.Cl. The molecule has 4 N–H and O–H groups in total. The van der Waals surface area contributed by atoms with Gasteiger partial charge in [-0.05, 0) is 24.5 Å². The third-order valence-electron chi connectivity index (χ3n) is 3.84. The molecule has 1 unspecified atom stereocenters. The van der Waals surface area contributed by atoms with Crippen molar-refractivity contribution in [2.24, 2.45) is 17.4 Å². The number of amides is 2. The van der Waals surface area contributed by atoms with Crippen LogP contribution in [0.25, 0.3) is 0 Å². The summed E-state index contributed by atoms with van der Waals surface area (Å²) in [7, 11) is 3.12. The van der Waals surface area contributed by atoms with Gasteiger partial charge in [-0.25, -0.2) is 0 Å². The van der Waals surface area contributed by atoms with Gasteiger partial charge in [0.15, 0.2) is 18.1 Å². The van der Waals surface area contributed by atoms with Gasteiger partial charge < -0.3 is 25.8 Å². The highest BCUT2D eigenvalue weighted by atomic mass is 35.5. The van der Waals surface area contributed by atoms with Crippen molar-refractivity contribution in [2.45, 2.75) is 26.3 Å². The number of ether oxygens (including phenoxy) is 2. The minimum Gasteiger partial charge on any atom is -0.493 e. The molecule has 1 aromatic carbocycles. The van der Waals surface area contributed by atoms with Gasteiger partial charge in [0.25, 0.3) is 11.8 Å². The Hall–Kier alpha value is -1.70. The molecule has 9 heteroatoms. The second-order valence-corrected chi connectivity index (χ2v) is 6.57. The second kappa shape index (κ2) is 11.1. The summed E-state index contributed by atoms with van der Waals surface area (Å²) in [5.41, 5.74) is 11.4. The number of benzene rings is 1. The molecule has 2 amide bonds. The highest BCUT2D eigenvalue weighted by molar-refractivity contribution is 6.32. The van der Waals surface area contributed by atoms with E-state index in [9.17, 15) is 9.59 Å². The van der Waals surface area contributed by atoms with E-state index in [1.165, 1.54) is 19.2 Å². The van der Waals surface area contributed by atoms with Gasteiger partial charge in [-0.1, -0.05) is 25.4 Å². The zero-order valence-electron chi connectivity index (χ0n) is 15.5. The minimum atomic E-state index is -0.639. The van der Waals surface area contributed by atoms with Gasteiger partial charge in [0.1, 0.15) is 0 Å². The molecule has 0 fully saturated rings. The third-order valence-corrected chi connectivity index (χ3v) is 4.12. The summed E-state index contributed by atoms with van der Waals surface area (Å²) in [5, 5.41) is 0.163. The van der Waals surface area contributed by atoms with E-state index in [4.69, 9.17) is 32.5 Å². The standard InChI is InChI=1S/C17H26ClN3O4.ClH/c1-10(2)13(19)5-6-21(3)17(23)11-7-12(18)16(14(8-11)24-4)25-9-15(20)22;/h7-8,10,13H,5-6,9,19H2,1-4H3,(H2,20,22);1H. The molecule has 0 aliphatic carbocycles. The summed E-state index contributed by atoms with van der Waals surface area (Å²) in [6, 6.07) is 3.02. The van der Waals surface area contributed by atoms with E-state index in [0.29, 0.717) is 24.4 Å². The number of methoxy groups -OCH3 is 1. The van der Waals surface area contributed by atoms with Crippen LogP contribution in [0.2, 0.25) is 5.02 Å². The molecule has 1 atom stereocenters. The van der Waals surface area contributed by atoms with E-state index in [-0.39, 0.29) is 47.5 Å². The molecule has 1 aromatic rings. The number of carbonyl (C=O) groups is 2. The Morgan fingerprint density at radius 3 is 2.42 bits per heavy atom. The fraction of sp³-hybridized carbons (Fsp3) is 0.529. The van der Waals surface area contributed by atoms with Gasteiger partial charge in [-0.3, -0.25) is 9.59 Å². The monoisotopic (exact) mass is 407 g/mol. The van der Waals surface area contributed by atoms with Crippen molar-refractivity contribution >= 4 is 35.8 Å². The molecule has 26 heavy (non-hydrogen) atoms. The van der Waals surface area contributed by atoms with Crippen molar-refractivity contribution in [2.75, 3.05) is 27.3 Å². The molecule has 0 radical (unpaired) electrons. The molecule has 0 aromatic heterocycles. The Kier molecular flexibility index (Phi) is 10.4. The number of rotatable bonds is 9. The molecule has 0 heterocycles. The van der Waals surface area contributed by atoms with Crippen LogP contribution in [0.3, 0.4) is 0 Å². The highest BCUT2D eigenvalue weighted by Gasteiger charge is 2.19. The van der Waals surface area contributed by atoms with Gasteiger partial charge in [0.2, 0.25) is 0 Å². The lowest BCUT2D eigenvalue weighted by molar-refractivity contribution is -0.119. The number of halogens is 2. The van der Waals surface area contributed by atoms with Crippen LogP contribution in [0.4, 0.5) is 0 Å². The average Bonchev–Trinajstić information content (AvgIpc) is 2.56. The van der Waals surface area contributed by atoms with Crippen molar-refractivity contribution in [3.05, 3.63) is 22.7 Å². The Morgan fingerprint density at radius 1 is 1.31 bits per heavy atom. The zero-order valence-corrected chi connectivity index (χ0v) is 17.0. The van der Waals surface area contributed by atoms with Crippen LogP contribution in [0, 0.1) is 5.92 Å². The molecule has 0 saturated heterocycles. The summed E-state index contributed by atoms with van der Waals surface area (Å²) >= 11 is 6.17. The van der Waals surface area contributed by atoms with Crippen molar-refractivity contribution < 1.29 is 19.1 Å². The van der Waals surface area contributed by atoms with Gasteiger partial charge >= 0.3 is 0 Å². The predicted molar refractivity (Wildman–Crippen MR) is 104 cm³/mol. The van der Waals surface area contributed by atoms with Crippen molar-refractivity contribution in [1.82, 2.24) is 4.90 Å². The predicted octanol–water partition coefficient (Wildman–Crippen LogP) is 2.08. The van der Waals surface area contributed by atoms with Gasteiger partial charge in [-0.15, -0.1) is 12.4 Å². The Balaban J connectivity index is 0.00000625. The highest BCUT2D eigenvalue weighted by Crippen LogP contribution is 2.36. The maximum Gasteiger partial charge on any atom is 0.255 e. The Labute approximate surface area is 165 Å². The van der Waals surface area contributed by atoms with Crippen LogP contribution in [-0.2, 0) is 4.79 Å². The number of primary amides is 1. The van der Waals surface area contributed by atoms with Crippen molar-refractivity contribution in [1.29, 1.82) is 0 Å².